The maximum atomic E-state index is 12.7. The van der Waals surface area contributed by atoms with Crippen molar-refractivity contribution < 1.29 is 13.2 Å². The van der Waals surface area contributed by atoms with Gasteiger partial charge >= 0.3 is 6.18 Å². The maximum Gasteiger partial charge on any atom is 0.433 e. The molecule has 0 spiro atoms. The van der Waals surface area contributed by atoms with Gasteiger partial charge in [0.15, 0.2) is 5.96 Å². The number of alkyl halides is 3. The Morgan fingerprint density at radius 2 is 2.15 bits per heavy atom. The molecule has 0 unspecified atom stereocenters. The molecular weight excluding hydrogens is 377 g/mol. The van der Waals surface area contributed by atoms with Crippen molar-refractivity contribution in [3.05, 3.63) is 40.3 Å². The highest BCUT2D eigenvalue weighted by molar-refractivity contribution is 7.09. The zero-order chi connectivity index (χ0) is 19.7. The van der Waals surface area contributed by atoms with Crippen LogP contribution in [0.4, 0.5) is 19.1 Å². The fourth-order valence-corrected chi connectivity index (χ4v) is 2.94. The van der Waals surface area contributed by atoms with Crippen molar-refractivity contribution in [3.8, 4) is 0 Å². The minimum atomic E-state index is -4.49. The van der Waals surface area contributed by atoms with Gasteiger partial charge in [0.05, 0.1) is 6.54 Å². The molecule has 0 aliphatic rings. The van der Waals surface area contributed by atoms with E-state index in [1.165, 1.54) is 4.88 Å². The van der Waals surface area contributed by atoms with Gasteiger partial charge < -0.3 is 15.5 Å². The highest BCUT2D eigenvalue weighted by Gasteiger charge is 2.32. The largest absolute Gasteiger partial charge is 0.433 e. The first-order chi connectivity index (χ1) is 12.9. The van der Waals surface area contributed by atoms with E-state index in [0.717, 1.165) is 37.7 Å². The van der Waals surface area contributed by atoms with Gasteiger partial charge in [-0.2, -0.15) is 13.2 Å². The first-order valence-corrected chi connectivity index (χ1v) is 9.44. The Bertz CT molecular complexity index is 718. The van der Waals surface area contributed by atoms with Crippen LogP contribution in [0, 0.1) is 0 Å². The van der Waals surface area contributed by atoms with Gasteiger partial charge in [-0.1, -0.05) is 6.07 Å². The molecule has 0 aliphatic heterocycles. The number of likely N-dealkylation sites (N-methyl/N-ethyl adjacent to an activating group) is 1. The number of hydrogen-bond acceptors (Lipinski definition) is 5. The van der Waals surface area contributed by atoms with Gasteiger partial charge in [-0.05, 0) is 30.9 Å². The number of halogens is 3. The Hall–Kier alpha value is -2.36. The molecule has 0 saturated heterocycles. The lowest BCUT2D eigenvalue weighted by molar-refractivity contribution is -0.141. The van der Waals surface area contributed by atoms with E-state index in [1.807, 2.05) is 24.9 Å². The number of hydrogen-bond donors (Lipinski definition) is 2. The third-order valence-electron chi connectivity index (χ3n) is 3.57. The summed E-state index contributed by atoms with van der Waals surface area (Å²) in [7, 11) is 1.96. The third kappa shape index (κ3) is 7.05. The first-order valence-electron chi connectivity index (χ1n) is 8.56. The second-order valence-corrected chi connectivity index (χ2v) is 6.71. The Labute approximate surface area is 160 Å². The predicted octanol–water partition coefficient (Wildman–Crippen LogP) is 3.11. The molecular formula is C17H23F3N6S. The van der Waals surface area contributed by atoms with Crippen LogP contribution in [0.3, 0.4) is 0 Å². The standard InChI is InChI=1S/C17H23F3N6S/c1-3-21-16(26(2)11-7-13-5-4-12-27-13)24-10-9-23-15-22-8-6-14(25-15)17(18,19)20/h4-6,8,12H,3,7,9-11H2,1-2H3,(H,21,24)(H,22,23,25). The highest BCUT2D eigenvalue weighted by Crippen LogP contribution is 2.27. The van der Waals surface area contributed by atoms with Gasteiger partial charge in [0.1, 0.15) is 5.69 Å². The summed E-state index contributed by atoms with van der Waals surface area (Å²) in [6.07, 6.45) is -2.47. The Balaban J connectivity index is 1.85. The van der Waals surface area contributed by atoms with Crippen LogP contribution >= 0.6 is 11.3 Å². The zero-order valence-electron chi connectivity index (χ0n) is 15.3. The lowest BCUT2D eigenvalue weighted by Gasteiger charge is -2.21. The molecule has 0 radical (unpaired) electrons. The first kappa shape index (κ1) is 20.9. The number of nitrogens with zero attached hydrogens (tertiary/aromatic N) is 4. The summed E-state index contributed by atoms with van der Waals surface area (Å²) in [5.74, 6) is 0.692. The summed E-state index contributed by atoms with van der Waals surface area (Å²) < 4.78 is 38.0. The van der Waals surface area contributed by atoms with Crippen LogP contribution in [0.1, 0.15) is 17.5 Å². The minimum Gasteiger partial charge on any atom is -0.357 e. The van der Waals surface area contributed by atoms with Crippen LogP contribution in [0.15, 0.2) is 34.8 Å². The number of anilines is 1. The number of nitrogens with one attached hydrogen (secondary N) is 2. The van der Waals surface area contributed by atoms with Crippen molar-refractivity contribution in [1.82, 2.24) is 20.2 Å². The predicted molar refractivity (Wildman–Crippen MR) is 102 cm³/mol. The monoisotopic (exact) mass is 400 g/mol. The van der Waals surface area contributed by atoms with Gasteiger partial charge in [0.25, 0.3) is 0 Å². The molecule has 0 fully saturated rings. The van der Waals surface area contributed by atoms with Crippen molar-refractivity contribution in [2.75, 3.05) is 38.5 Å². The van der Waals surface area contributed by atoms with Crippen LogP contribution in [-0.2, 0) is 12.6 Å². The second-order valence-electron chi connectivity index (χ2n) is 5.68. The minimum absolute atomic E-state index is 0.0592. The lowest BCUT2D eigenvalue weighted by Crippen LogP contribution is -2.40. The Morgan fingerprint density at radius 3 is 2.81 bits per heavy atom. The van der Waals surface area contributed by atoms with Gasteiger partial charge in [0.2, 0.25) is 5.95 Å². The maximum absolute atomic E-state index is 12.7. The molecule has 0 aromatic carbocycles. The van der Waals surface area contributed by atoms with Crippen LogP contribution < -0.4 is 10.6 Å². The van der Waals surface area contributed by atoms with E-state index in [9.17, 15) is 13.2 Å². The quantitative estimate of drug-likeness (QED) is 0.405. The number of aliphatic imine (C=N–C) groups is 1. The van der Waals surface area contributed by atoms with E-state index in [0.29, 0.717) is 13.1 Å². The number of thiophene rings is 1. The molecule has 0 atom stereocenters. The summed E-state index contributed by atoms with van der Waals surface area (Å²) in [6, 6.07) is 4.97. The molecule has 0 amide bonds. The van der Waals surface area contributed by atoms with Gasteiger partial charge in [0, 0.05) is 37.8 Å². The van der Waals surface area contributed by atoms with Crippen molar-refractivity contribution in [2.24, 2.45) is 4.99 Å². The SMILES string of the molecule is CCNC(=NCCNc1nccc(C(F)(F)F)n1)N(C)CCc1cccs1. The van der Waals surface area contributed by atoms with Crippen LogP contribution in [0.25, 0.3) is 0 Å². The normalized spacial score (nSPS) is 12.1. The molecule has 27 heavy (non-hydrogen) atoms. The number of aromatic nitrogens is 2. The van der Waals surface area contributed by atoms with Crippen molar-refractivity contribution >= 4 is 23.2 Å². The molecule has 2 aromatic heterocycles. The van der Waals surface area contributed by atoms with Gasteiger partial charge in [-0.15, -0.1) is 11.3 Å². The molecule has 0 aliphatic carbocycles. The summed E-state index contributed by atoms with van der Waals surface area (Å²) >= 11 is 1.72. The Morgan fingerprint density at radius 1 is 1.33 bits per heavy atom. The topological polar surface area (TPSA) is 65.4 Å². The molecule has 0 bridgehead atoms. The third-order valence-corrected chi connectivity index (χ3v) is 4.51. The summed E-state index contributed by atoms with van der Waals surface area (Å²) in [6.45, 7) is 4.24. The molecule has 2 aromatic rings. The van der Waals surface area contributed by atoms with E-state index >= 15 is 0 Å². The average molecular weight is 400 g/mol. The molecule has 2 rings (SSSR count). The van der Waals surface area contributed by atoms with Crippen molar-refractivity contribution in [2.45, 2.75) is 19.5 Å². The van der Waals surface area contributed by atoms with Gasteiger partial charge in [-0.3, -0.25) is 4.99 Å². The second kappa shape index (κ2) is 10.1. The number of guanidine groups is 1. The number of rotatable bonds is 8. The van der Waals surface area contributed by atoms with Crippen molar-refractivity contribution in [3.63, 3.8) is 0 Å². The Kier molecular flexibility index (Phi) is 7.83. The lowest BCUT2D eigenvalue weighted by atomic mass is 10.3. The van der Waals surface area contributed by atoms with E-state index in [4.69, 9.17) is 0 Å². The van der Waals surface area contributed by atoms with Crippen molar-refractivity contribution in [1.29, 1.82) is 0 Å². The van der Waals surface area contributed by atoms with E-state index in [-0.39, 0.29) is 5.95 Å². The highest BCUT2D eigenvalue weighted by atomic mass is 32.1. The molecule has 6 nitrogen and oxygen atoms in total. The molecule has 2 heterocycles. The molecule has 0 saturated carbocycles. The summed E-state index contributed by atoms with van der Waals surface area (Å²) in [4.78, 5) is 15.1. The van der Waals surface area contributed by atoms with Crippen LogP contribution in [0.5, 0.6) is 0 Å². The smallest absolute Gasteiger partial charge is 0.357 e. The van der Waals surface area contributed by atoms with Gasteiger partial charge in [-0.25, -0.2) is 9.97 Å². The fraction of sp³-hybridized carbons (Fsp3) is 0.471. The molecule has 2 N–H and O–H groups in total. The van der Waals surface area contributed by atoms with Crippen LogP contribution in [-0.4, -0.2) is 54.1 Å². The fourth-order valence-electron chi connectivity index (χ4n) is 2.24. The van der Waals surface area contributed by atoms with E-state index in [2.05, 4.69) is 37.0 Å². The molecule has 148 valence electrons. The summed E-state index contributed by atoms with van der Waals surface area (Å²) in [5, 5.41) is 8.04. The average Bonchev–Trinajstić information content (AvgIpc) is 3.15. The molecule has 10 heteroatoms. The van der Waals surface area contributed by atoms with E-state index < -0.39 is 11.9 Å². The van der Waals surface area contributed by atoms with Crippen LogP contribution in [0.2, 0.25) is 0 Å². The zero-order valence-corrected chi connectivity index (χ0v) is 16.1. The van der Waals surface area contributed by atoms with E-state index in [1.54, 1.807) is 11.3 Å². The summed E-state index contributed by atoms with van der Waals surface area (Å²) in [5.41, 5.74) is -0.967.